The van der Waals surface area contributed by atoms with Crippen molar-refractivity contribution in [3.63, 3.8) is 0 Å². The van der Waals surface area contributed by atoms with Gasteiger partial charge >= 0.3 is 0 Å². The number of ether oxygens (including phenoxy) is 1. The number of benzene rings is 1. The van der Waals surface area contributed by atoms with Crippen molar-refractivity contribution in [2.75, 3.05) is 24.7 Å². The summed E-state index contributed by atoms with van der Waals surface area (Å²) in [5.41, 5.74) is -0.0222. The lowest BCUT2D eigenvalue weighted by atomic mass is 9.86. The molecule has 1 aromatic rings. The predicted octanol–water partition coefficient (Wildman–Crippen LogP) is 1.18. The van der Waals surface area contributed by atoms with Gasteiger partial charge in [-0.1, -0.05) is 0 Å². The van der Waals surface area contributed by atoms with Gasteiger partial charge in [0.25, 0.3) is 0 Å². The molecular formula is C17H18N2O4S. The standard InChI is InChI=1S/C17H18N2O4S/c18-8-12-1-3-14(4-2-12)23-10-13(20)9-19-15(21)7-17(16(19)22)5-6-24-11-17/h1-4,13,20H,5-7,9-11H2/t13-,17-/m1/s1. The number of carbonyl (C=O) groups is 2. The van der Waals surface area contributed by atoms with Crippen LogP contribution in [0.4, 0.5) is 0 Å². The number of β-amino-alcohol motifs (C(OH)–C–C–N with tert-alkyl or cyclic N) is 1. The summed E-state index contributed by atoms with van der Waals surface area (Å²) in [6, 6.07) is 8.54. The number of thioether (sulfide) groups is 1. The van der Waals surface area contributed by atoms with E-state index in [1.807, 2.05) is 6.07 Å². The number of nitrogens with zero attached hydrogens (tertiary/aromatic N) is 2. The number of rotatable bonds is 5. The van der Waals surface area contributed by atoms with Gasteiger partial charge in [-0.2, -0.15) is 17.0 Å². The van der Waals surface area contributed by atoms with Crippen LogP contribution in [-0.2, 0) is 9.59 Å². The number of carbonyl (C=O) groups excluding carboxylic acids is 2. The number of hydrogen-bond donors (Lipinski definition) is 1. The first-order valence-corrected chi connectivity index (χ1v) is 8.93. The van der Waals surface area contributed by atoms with E-state index in [0.29, 0.717) is 17.1 Å². The first-order chi connectivity index (χ1) is 11.5. The number of hydrogen-bond acceptors (Lipinski definition) is 6. The molecule has 24 heavy (non-hydrogen) atoms. The molecule has 7 heteroatoms. The molecule has 1 N–H and O–H groups in total. The van der Waals surface area contributed by atoms with Crippen LogP contribution in [0.1, 0.15) is 18.4 Å². The molecule has 2 heterocycles. The monoisotopic (exact) mass is 346 g/mol. The zero-order valence-corrected chi connectivity index (χ0v) is 13.9. The summed E-state index contributed by atoms with van der Waals surface area (Å²) in [6.07, 6.45) is 0.0382. The third-order valence-electron chi connectivity index (χ3n) is 4.41. The van der Waals surface area contributed by atoms with Crippen molar-refractivity contribution < 1.29 is 19.4 Å². The molecule has 0 unspecified atom stereocenters. The highest BCUT2D eigenvalue weighted by molar-refractivity contribution is 7.99. The van der Waals surface area contributed by atoms with Crippen LogP contribution >= 0.6 is 11.8 Å². The highest BCUT2D eigenvalue weighted by atomic mass is 32.2. The van der Waals surface area contributed by atoms with Crippen molar-refractivity contribution in [3.8, 4) is 11.8 Å². The maximum atomic E-state index is 12.5. The van der Waals surface area contributed by atoms with E-state index in [4.69, 9.17) is 10.00 Å². The summed E-state index contributed by atoms with van der Waals surface area (Å²) in [7, 11) is 0. The summed E-state index contributed by atoms with van der Waals surface area (Å²) < 4.78 is 5.45. The molecule has 126 valence electrons. The van der Waals surface area contributed by atoms with Crippen molar-refractivity contribution in [2.24, 2.45) is 5.41 Å². The number of aliphatic hydroxyl groups is 1. The van der Waals surface area contributed by atoms with Crippen LogP contribution in [-0.4, -0.2) is 52.6 Å². The maximum absolute atomic E-state index is 12.5. The quantitative estimate of drug-likeness (QED) is 0.805. The second-order valence-electron chi connectivity index (χ2n) is 6.17. The van der Waals surface area contributed by atoms with E-state index in [9.17, 15) is 14.7 Å². The van der Waals surface area contributed by atoms with Crippen molar-refractivity contribution >= 4 is 23.6 Å². The normalized spacial score (nSPS) is 24.4. The van der Waals surface area contributed by atoms with Crippen molar-refractivity contribution in [1.82, 2.24) is 4.90 Å². The SMILES string of the molecule is N#Cc1ccc(OC[C@H](O)CN2C(=O)C[C@@]3(CCSC3)C2=O)cc1. The number of imide groups is 1. The molecular weight excluding hydrogens is 328 g/mol. The number of likely N-dealkylation sites (tertiary alicyclic amines) is 1. The molecule has 2 atom stereocenters. The minimum atomic E-state index is -0.947. The molecule has 0 radical (unpaired) electrons. The van der Waals surface area contributed by atoms with Crippen LogP contribution in [0.15, 0.2) is 24.3 Å². The highest BCUT2D eigenvalue weighted by Gasteiger charge is 2.53. The van der Waals surface area contributed by atoms with Crippen LogP contribution in [0.3, 0.4) is 0 Å². The second-order valence-corrected chi connectivity index (χ2v) is 7.28. The summed E-state index contributed by atoms with van der Waals surface area (Å²) in [4.78, 5) is 25.8. The molecule has 1 aromatic carbocycles. The smallest absolute Gasteiger partial charge is 0.236 e. The van der Waals surface area contributed by atoms with Gasteiger partial charge in [-0.05, 0) is 36.4 Å². The van der Waals surface area contributed by atoms with Gasteiger partial charge in [0, 0.05) is 12.2 Å². The largest absolute Gasteiger partial charge is 0.491 e. The second kappa shape index (κ2) is 6.83. The lowest BCUT2D eigenvalue weighted by Crippen LogP contribution is -2.41. The Balaban J connectivity index is 1.54. The minimum absolute atomic E-state index is 0.0231. The third-order valence-corrected chi connectivity index (χ3v) is 5.66. The Kier molecular flexibility index (Phi) is 4.78. The minimum Gasteiger partial charge on any atom is -0.491 e. The zero-order valence-electron chi connectivity index (χ0n) is 13.1. The fourth-order valence-corrected chi connectivity index (χ4v) is 4.48. The first kappa shape index (κ1) is 16.8. The molecule has 3 rings (SSSR count). The average Bonchev–Trinajstić information content (AvgIpc) is 3.14. The first-order valence-electron chi connectivity index (χ1n) is 7.78. The van der Waals surface area contributed by atoms with Gasteiger partial charge in [0.05, 0.1) is 23.6 Å². The number of aliphatic hydroxyl groups excluding tert-OH is 1. The topological polar surface area (TPSA) is 90.6 Å². The van der Waals surface area contributed by atoms with E-state index in [0.717, 1.165) is 12.2 Å². The molecule has 2 fully saturated rings. The van der Waals surface area contributed by atoms with Gasteiger partial charge < -0.3 is 9.84 Å². The van der Waals surface area contributed by atoms with Crippen molar-refractivity contribution in [2.45, 2.75) is 18.9 Å². The summed E-state index contributed by atoms with van der Waals surface area (Å²) in [5, 5.41) is 18.9. The van der Waals surface area contributed by atoms with Crippen molar-refractivity contribution in [1.29, 1.82) is 5.26 Å². The van der Waals surface area contributed by atoms with E-state index in [1.54, 1.807) is 36.0 Å². The fourth-order valence-electron chi connectivity index (χ4n) is 3.04. The summed E-state index contributed by atoms with van der Waals surface area (Å²) in [5.74, 6) is 1.74. The van der Waals surface area contributed by atoms with Crippen LogP contribution < -0.4 is 4.74 Å². The Bertz CT molecular complexity index is 677. The van der Waals surface area contributed by atoms with Crippen LogP contribution in [0.2, 0.25) is 0 Å². The average molecular weight is 346 g/mol. The van der Waals surface area contributed by atoms with Crippen molar-refractivity contribution in [3.05, 3.63) is 29.8 Å². The predicted molar refractivity (Wildman–Crippen MR) is 88.4 cm³/mol. The Labute approximate surface area is 144 Å². The van der Waals surface area contributed by atoms with E-state index in [1.165, 1.54) is 4.90 Å². The van der Waals surface area contributed by atoms with Gasteiger partial charge in [-0.25, -0.2) is 0 Å². The summed E-state index contributed by atoms with van der Waals surface area (Å²) >= 11 is 1.70. The molecule has 0 saturated carbocycles. The van der Waals surface area contributed by atoms with E-state index in [-0.39, 0.29) is 31.4 Å². The molecule has 0 aromatic heterocycles. The molecule has 1 spiro atoms. The third kappa shape index (κ3) is 3.25. The molecule has 0 aliphatic carbocycles. The molecule has 0 bridgehead atoms. The van der Waals surface area contributed by atoms with E-state index in [2.05, 4.69) is 0 Å². The van der Waals surface area contributed by atoms with E-state index >= 15 is 0 Å². The van der Waals surface area contributed by atoms with E-state index < -0.39 is 11.5 Å². The molecule has 2 saturated heterocycles. The molecule has 2 aliphatic heterocycles. The maximum Gasteiger partial charge on any atom is 0.236 e. The molecule has 2 aliphatic rings. The Morgan fingerprint density at radius 3 is 2.75 bits per heavy atom. The zero-order chi connectivity index (χ0) is 17.2. The molecule has 6 nitrogen and oxygen atoms in total. The van der Waals surface area contributed by atoms with Crippen LogP contribution in [0.5, 0.6) is 5.75 Å². The van der Waals surface area contributed by atoms with Gasteiger partial charge in [-0.15, -0.1) is 0 Å². The lowest BCUT2D eigenvalue weighted by molar-refractivity contribution is -0.142. The van der Waals surface area contributed by atoms with Gasteiger partial charge in [0.1, 0.15) is 18.5 Å². The Hall–Kier alpha value is -2.04. The Morgan fingerprint density at radius 2 is 2.12 bits per heavy atom. The van der Waals surface area contributed by atoms with Gasteiger partial charge in [0.2, 0.25) is 11.8 Å². The number of nitriles is 1. The molecule has 2 amide bonds. The highest BCUT2D eigenvalue weighted by Crippen LogP contribution is 2.44. The van der Waals surface area contributed by atoms with Crippen LogP contribution in [0, 0.1) is 16.7 Å². The number of amides is 2. The lowest BCUT2D eigenvalue weighted by Gasteiger charge is -2.22. The Morgan fingerprint density at radius 1 is 1.38 bits per heavy atom. The van der Waals surface area contributed by atoms with Gasteiger partial charge in [-0.3, -0.25) is 14.5 Å². The van der Waals surface area contributed by atoms with Crippen LogP contribution in [0.25, 0.3) is 0 Å². The fraction of sp³-hybridized carbons (Fsp3) is 0.471. The van der Waals surface area contributed by atoms with Gasteiger partial charge in [0.15, 0.2) is 0 Å². The summed E-state index contributed by atoms with van der Waals surface area (Å²) in [6.45, 7) is -0.0644.